The lowest BCUT2D eigenvalue weighted by molar-refractivity contribution is 0.512. The lowest BCUT2D eigenvalue weighted by Crippen LogP contribution is -2.35. The molecule has 2 rings (SSSR count). The molecular weight excluding hydrogens is 486 g/mol. The molecule has 0 saturated heterocycles. The van der Waals surface area contributed by atoms with Gasteiger partial charge in [-0.15, -0.1) is 0 Å². The highest BCUT2D eigenvalue weighted by Gasteiger charge is 2.44. The molecule has 0 amide bonds. The van der Waals surface area contributed by atoms with Gasteiger partial charge in [-0.05, 0) is 59.9 Å². The summed E-state index contributed by atoms with van der Waals surface area (Å²) in [6.07, 6.45) is 5.71. The van der Waals surface area contributed by atoms with Crippen molar-refractivity contribution in [3.63, 3.8) is 0 Å². The predicted octanol–water partition coefficient (Wildman–Crippen LogP) is 6.83. The van der Waals surface area contributed by atoms with E-state index in [1.807, 2.05) is 34.6 Å². The molecule has 0 bridgehead atoms. The van der Waals surface area contributed by atoms with Gasteiger partial charge in [0.05, 0.1) is 55.3 Å². The van der Waals surface area contributed by atoms with Crippen LogP contribution in [-0.4, -0.2) is 30.8 Å². The first-order valence-electron chi connectivity index (χ1n) is 12.3. The minimum Gasteiger partial charge on any atom is -0.323 e. The molecule has 2 unspecified atom stereocenters. The molecule has 0 radical (unpaired) electrons. The van der Waals surface area contributed by atoms with E-state index in [9.17, 15) is 30.2 Å². The van der Waals surface area contributed by atoms with Crippen LogP contribution in [0.3, 0.4) is 0 Å². The minimum absolute atomic E-state index is 0.178. The fraction of sp³-hybridized carbons (Fsp3) is 0.500. The molecule has 0 N–H and O–H groups in total. The van der Waals surface area contributed by atoms with Crippen LogP contribution in [0.4, 0.5) is 0 Å². The van der Waals surface area contributed by atoms with E-state index in [-0.39, 0.29) is 17.9 Å². The van der Waals surface area contributed by atoms with Gasteiger partial charge in [-0.3, -0.25) is 0 Å². The largest absolute Gasteiger partial charge is 0.323 e. The first-order valence-corrected chi connectivity index (χ1v) is 16.9. The van der Waals surface area contributed by atoms with Crippen molar-refractivity contribution in [2.45, 2.75) is 53.1 Å². The van der Waals surface area contributed by atoms with E-state index in [1.54, 1.807) is 25.1 Å². The summed E-state index contributed by atoms with van der Waals surface area (Å²) in [6, 6.07) is 10.7. The molecule has 8 heteroatoms. The molecule has 1 aliphatic carbocycles. The monoisotopic (exact) mass is 520 g/mol. The molecule has 0 heterocycles. The van der Waals surface area contributed by atoms with Gasteiger partial charge in [-0.25, -0.2) is 0 Å². The highest BCUT2D eigenvalue weighted by molar-refractivity contribution is 7.64. The second-order valence-electron chi connectivity index (χ2n) is 9.51. The summed E-state index contributed by atoms with van der Waals surface area (Å²) in [4.78, 5) is 0. The fourth-order valence-corrected chi connectivity index (χ4v) is 8.48. The maximum Gasteiger partial charge on any atom is 0.108 e. The maximum absolute atomic E-state index is 13.4. The highest BCUT2D eigenvalue weighted by Crippen LogP contribution is 2.53. The number of nitrogens with zero attached hydrogens (tertiary/aromatic N) is 4. The number of hydrogen-bond donors (Lipinski definition) is 0. The van der Waals surface area contributed by atoms with Crippen molar-refractivity contribution in [1.29, 1.82) is 21.0 Å². The Morgan fingerprint density at radius 2 is 1.44 bits per heavy atom. The van der Waals surface area contributed by atoms with Crippen molar-refractivity contribution in [2.24, 2.45) is 5.92 Å². The molecule has 2 atom stereocenters. The maximum atomic E-state index is 13.4. The van der Waals surface area contributed by atoms with Gasteiger partial charge in [0.2, 0.25) is 0 Å². The second-order valence-corrected chi connectivity index (χ2v) is 16.9. The Labute approximate surface area is 215 Å². The van der Waals surface area contributed by atoms with Crippen molar-refractivity contribution in [2.75, 3.05) is 30.8 Å². The second kappa shape index (κ2) is 11.5. The third-order valence-electron chi connectivity index (χ3n) is 7.73. The summed E-state index contributed by atoms with van der Waals surface area (Å²) in [7, 11) is -5.20. The van der Waals surface area contributed by atoms with Crippen LogP contribution in [-0.2, 0) is 20.7 Å². The molecule has 0 spiro atoms. The van der Waals surface area contributed by atoms with Gasteiger partial charge in [0.15, 0.2) is 0 Å². The van der Waals surface area contributed by atoms with Crippen molar-refractivity contribution < 1.29 is 9.13 Å². The Morgan fingerprint density at radius 1 is 0.889 bits per heavy atom. The first-order chi connectivity index (χ1) is 17.0. The number of nitriles is 4. The predicted molar refractivity (Wildman–Crippen MR) is 145 cm³/mol. The number of allylic oxidation sites excluding steroid dienone is 4. The standard InChI is InChI=1S/C28H34N4O2P2/c1-7-35(33,8-2)17-24-12-22(14-29)21(6)27(26(24)16-31)28(19-32)13-25(18-36(34,9-3)10-4)23(15-30)11-20(28)5/h11-13,20H,7-10,17-18H2,1-6H3. The zero-order chi connectivity index (χ0) is 27.3. The van der Waals surface area contributed by atoms with Gasteiger partial charge < -0.3 is 9.13 Å². The van der Waals surface area contributed by atoms with E-state index in [0.717, 1.165) is 0 Å². The van der Waals surface area contributed by atoms with Crippen LogP contribution in [0.25, 0.3) is 0 Å². The van der Waals surface area contributed by atoms with Gasteiger partial charge >= 0.3 is 0 Å². The smallest absolute Gasteiger partial charge is 0.108 e. The van der Waals surface area contributed by atoms with Crippen LogP contribution in [0.2, 0.25) is 0 Å². The summed E-state index contributed by atoms with van der Waals surface area (Å²) in [5, 5.41) is 40.7. The molecular formula is C28H34N4O2P2. The summed E-state index contributed by atoms with van der Waals surface area (Å²) in [5.41, 5.74) is 1.64. The normalized spacial score (nSPS) is 19.8. The van der Waals surface area contributed by atoms with Crippen molar-refractivity contribution >= 4 is 14.3 Å². The fourth-order valence-electron chi connectivity index (χ4n) is 4.94. The van der Waals surface area contributed by atoms with E-state index >= 15 is 0 Å². The van der Waals surface area contributed by atoms with E-state index < -0.39 is 25.6 Å². The Balaban J connectivity index is 2.99. The first kappa shape index (κ1) is 29.4. The van der Waals surface area contributed by atoms with Gasteiger partial charge in [0.25, 0.3) is 0 Å². The van der Waals surface area contributed by atoms with Crippen LogP contribution in [0.5, 0.6) is 0 Å². The molecule has 6 nitrogen and oxygen atoms in total. The number of hydrogen-bond acceptors (Lipinski definition) is 6. The van der Waals surface area contributed by atoms with E-state index in [2.05, 4.69) is 24.3 Å². The highest BCUT2D eigenvalue weighted by atomic mass is 31.2. The number of benzene rings is 1. The van der Waals surface area contributed by atoms with Crippen molar-refractivity contribution in [3.05, 3.63) is 57.2 Å². The molecule has 188 valence electrons. The van der Waals surface area contributed by atoms with Gasteiger partial charge in [-0.1, -0.05) is 46.8 Å². The molecule has 0 fully saturated rings. The molecule has 0 saturated carbocycles. The zero-order valence-electron chi connectivity index (χ0n) is 22.1. The van der Waals surface area contributed by atoms with Crippen molar-refractivity contribution in [1.82, 2.24) is 0 Å². The van der Waals surface area contributed by atoms with Crippen LogP contribution in [0, 0.1) is 58.2 Å². The lowest BCUT2D eigenvalue weighted by atomic mass is 9.64. The molecule has 1 aromatic carbocycles. The summed E-state index contributed by atoms with van der Waals surface area (Å²) < 4.78 is 26.8. The molecule has 36 heavy (non-hydrogen) atoms. The SMILES string of the molecule is CCP(=O)(CC)CC1=CC(C#N)(c2c(C)c(C#N)cc(CP(=O)(CC)CC)c2C#N)C(C)C=C1C#N. The van der Waals surface area contributed by atoms with E-state index in [1.165, 1.54) is 0 Å². The van der Waals surface area contributed by atoms with Crippen LogP contribution < -0.4 is 0 Å². The molecule has 0 aliphatic heterocycles. The Hall–Kier alpha value is -2.88. The van der Waals surface area contributed by atoms with Crippen LogP contribution in [0.1, 0.15) is 62.4 Å². The average Bonchev–Trinajstić information content (AvgIpc) is 2.89. The summed E-state index contributed by atoms with van der Waals surface area (Å²) >= 11 is 0. The Kier molecular flexibility index (Phi) is 9.34. The van der Waals surface area contributed by atoms with Crippen LogP contribution >= 0.6 is 14.3 Å². The third kappa shape index (κ3) is 5.28. The average molecular weight is 521 g/mol. The summed E-state index contributed by atoms with van der Waals surface area (Å²) in [5.74, 6) is -0.486. The summed E-state index contributed by atoms with van der Waals surface area (Å²) in [6.45, 7) is 11.0. The number of rotatable bonds is 9. The topological polar surface area (TPSA) is 129 Å². The van der Waals surface area contributed by atoms with E-state index in [4.69, 9.17) is 0 Å². The van der Waals surface area contributed by atoms with Gasteiger partial charge in [0.1, 0.15) is 5.41 Å². The van der Waals surface area contributed by atoms with Crippen molar-refractivity contribution in [3.8, 4) is 24.3 Å². The lowest BCUT2D eigenvalue weighted by Gasteiger charge is -2.36. The Bertz CT molecular complexity index is 1360. The minimum atomic E-state index is -2.61. The van der Waals surface area contributed by atoms with Gasteiger partial charge in [-0.2, -0.15) is 21.0 Å². The van der Waals surface area contributed by atoms with Crippen LogP contribution in [0.15, 0.2) is 29.4 Å². The molecule has 1 aromatic rings. The van der Waals surface area contributed by atoms with E-state index in [0.29, 0.717) is 58.0 Å². The Morgan fingerprint density at radius 3 is 1.89 bits per heavy atom. The zero-order valence-corrected chi connectivity index (χ0v) is 23.8. The molecule has 0 aromatic heterocycles. The quantitative estimate of drug-likeness (QED) is 0.328. The third-order valence-corrected chi connectivity index (χ3v) is 14.2. The molecule has 1 aliphatic rings. The van der Waals surface area contributed by atoms with Gasteiger partial charge in [0, 0.05) is 18.2 Å².